The smallest absolute Gasteiger partial charge is 0.0703 e. The van der Waals surface area contributed by atoms with Gasteiger partial charge in [0.05, 0.1) is 6.10 Å². The van der Waals surface area contributed by atoms with Crippen LogP contribution in [-0.4, -0.2) is 42.8 Å². The Morgan fingerprint density at radius 3 is 2.28 bits per heavy atom. The normalized spacial score (nSPS) is 45.7. The van der Waals surface area contributed by atoms with Crippen LogP contribution in [0.2, 0.25) is 0 Å². The molecule has 1 aliphatic carbocycles. The van der Waals surface area contributed by atoms with E-state index in [-0.39, 0.29) is 5.54 Å². The van der Waals surface area contributed by atoms with Crippen LogP contribution in [0.15, 0.2) is 0 Å². The summed E-state index contributed by atoms with van der Waals surface area (Å²) in [7, 11) is 2.27. The molecular weight excluding hydrogens is 224 g/mol. The third-order valence-electron chi connectivity index (χ3n) is 5.22. The van der Waals surface area contributed by atoms with Crippen LogP contribution < -0.4 is 5.73 Å². The lowest BCUT2D eigenvalue weighted by molar-refractivity contribution is -0.0139. The molecule has 2 aliphatic rings. The largest absolute Gasteiger partial charge is 0.377 e. The van der Waals surface area contributed by atoms with E-state index < -0.39 is 0 Å². The molecule has 0 radical (unpaired) electrons. The van der Waals surface area contributed by atoms with E-state index in [1.54, 1.807) is 0 Å². The molecule has 0 aromatic rings. The molecule has 106 valence electrons. The first-order valence-corrected chi connectivity index (χ1v) is 7.53. The summed E-state index contributed by atoms with van der Waals surface area (Å²) < 4.78 is 5.74. The molecule has 0 bridgehead atoms. The number of nitrogens with zero attached hydrogens (tertiary/aromatic N) is 1. The second-order valence-electron chi connectivity index (χ2n) is 6.83. The first kappa shape index (κ1) is 14.3. The van der Waals surface area contributed by atoms with Gasteiger partial charge in [-0.3, -0.25) is 4.90 Å². The number of rotatable bonds is 3. The van der Waals surface area contributed by atoms with Gasteiger partial charge in [0, 0.05) is 24.7 Å². The van der Waals surface area contributed by atoms with Crippen LogP contribution in [0.4, 0.5) is 0 Å². The van der Waals surface area contributed by atoms with Gasteiger partial charge in [0.1, 0.15) is 0 Å². The fourth-order valence-corrected chi connectivity index (χ4v) is 4.41. The second-order valence-corrected chi connectivity index (χ2v) is 6.83. The van der Waals surface area contributed by atoms with Gasteiger partial charge >= 0.3 is 0 Å². The summed E-state index contributed by atoms with van der Waals surface area (Å²) in [5.41, 5.74) is 6.39. The Morgan fingerprint density at radius 1 is 1.22 bits per heavy atom. The number of nitrogens with two attached hydrogens (primary N) is 1. The Morgan fingerprint density at radius 2 is 1.83 bits per heavy atom. The van der Waals surface area contributed by atoms with Crippen LogP contribution >= 0.6 is 0 Å². The average Bonchev–Trinajstić information content (AvgIpc) is 2.73. The Bertz CT molecular complexity index is 272. The van der Waals surface area contributed by atoms with E-state index in [4.69, 9.17) is 10.5 Å². The molecule has 3 nitrogen and oxygen atoms in total. The zero-order valence-electron chi connectivity index (χ0n) is 12.5. The van der Waals surface area contributed by atoms with Gasteiger partial charge in [-0.25, -0.2) is 0 Å². The van der Waals surface area contributed by atoms with Crippen LogP contribution in [0.1, 0.15) is 46.5 Å². The SMILES string of the molecule is CC1CC(C)CC(CN)(N(C)C2CCOC2C)C1. The third kappa shape index (κ3) is 2.59. The van der Waals surface area contributed by atoms with Gasteiger partial charge < -0.3 is 10.5 Å². The maximum Gasteiger partial charge on any atom is 0.0703 e. The van der Waals surface area contributed by atoms with Crippen LogP contribution in [0.5, 0.6) is 0 Å². The number of ether oxygens (including phenoxy) is 1. The number of hydrogen-bond donors (Lipinski definition) is 1. The van der Waals surface area contributed by atoms with Crippen molar-refractivity contribution < 1.29 is 4.74 Å². The Balaban J connectivity index is 2.15. The first-order chi connectivity index (χ1) is 8.48. The zero-order valence-corrected chi connectivity index (χ0v) is 12.5. The van der Waals surface area contributed by atoms with Crippen LogP contribution in [0.3, 0.4) is 0 Å². The highest BCUT2D eigenvalue weighted by Gasteiger charge is 2.44. The highest BCUT2D eigenvalue weighted by Crippen LogP contribution is 2.41. The molecule has 4 unspecified atom stereocenters. The second kappa shape index (κ2) is 5.48. The number of hydrogen-bond acceptors (Lipinski definition) is 3. The molecular formula is C15H30N2O. The molecule has 1 saturated heterocycles. The van der Waals surface area contributed by atoms with Crippen LogP contribution in [0, 0.1) is 11.8 Å². The van der Waals surface area contributed by atoms with E-state index in [9.17, 15) is 0 Å². The van der Waals surface area contributed by atoms with Gasteiger partial charge in [-0.15, -0.1) is 0 Å². The molecule has 0 spiro atoms. The van der Waals surface area contributed by atoms with Crippen molar-refractivity contribution in [3.05, 3.63) is 0 Å². The van der Waals surface area contributed by atoms with Crippen LogP contribution in [0.25, 0.3) is 0 Å². The summed E-state index contributed by atoms with van der Waals surface area (Å²) >= 11 is 0. The van der Waals surface area contributed by atoms with E-state index in [0.717, 1.165) is 31.4 Å². The molecule has 1 saturated carbocycles. The topological polar surface area (TPSA) is 38.5 Å². The average molecular weight is 254 g/mol. The molecule has 18 heavy (non-hydrogen) atoms. The lowest BCUT2D eigenvalue weighted by Crippen LogP contribution is -2.60. The molecule has 1 heterocycles. The molecule has 4 atom stereocenters. The Hall–Kier alpha value is -0.120. The molecule has 0 aromatic carbocycles. The standard InChI is InChI=1S/C15H30N2O/c1-11-7-12(2)9-15(8-11,10-16)17(4)14-5-6-18-13(14)3/h11-14H,5-10,16H2,1-4H3. The monoisotopic (exact) mass is 254 g/mol. The Kier molecular flexibility index (Phi) is 4.35. The summed E-state index contributed by atoms with van der Waals surface area (Å²) in [6, 6.07) is 0.547. The van der Waals surface area contributed by atoms with Crippen molar-refractivity contribution in [2.45, 2.75) is 64.1 Å². The summed E-state index contributed by atoms with van der Waals surface area (Å²) in [5, 5.41) is 0. The van der Waals surface area contributed by atoms with Gasteiger partial charge in [-0.05, 0) is 51.5 Å². The molecule has 2 N–H and O–H groups in total. The summed E-state index contributed by atoms with van der Waals surface area (Å²) in [4.78, 5) is 2.57. The molecule has 0 amide bonds. The maximum absolute atomic E-state index is 6.19. The van der Waals surface area contributed by atoms with E-state index in [1.807, 2.05) is 0 Å². The lowest BCUT2D eigenvalue weighted by atomic mass is 9.70. The maximum atomic E-state index is 6.19. The van der Waals surface area contributed by atoms with Crippen molar-refractivity contribution in [3.8, 4) is 0 Å². The molecule has 1 aliphatic heterocycles. The molecule has 2 fully saturated rings. The predicted octanol–water partition coefficient (Wildman–Crippen LogP) is 2.25. The van der Waals surface area contributed by atoms with Gasteiger partial charge in [0.2, 0.25) is 0 Å². The lowest BCUT2D eigenvalue weighted by Gasteiger charge is -2.51. The summed E-state index contributed by atoms with van der Waals surface area (Å²) in [6.45, 7) is 8.64. The summed E-state index contributed by atoms with van der Waals surface area (Å²) in [6.07, 6.45) is 5.35. The molecule has 2 rings (SSSR count). The summed E-state index contributed by atoms with van der Waals surface area (Å²) in [5.74, 6) is 1.58. The van der Waals surface area contributed by atoms with Crippen molar-refractivity contribution in [3.63, 3.8) is 0 Å². The molecule has 3 heteroatoms. The fraction of sp³-hybridized carbons (Fsp3) is 1.00. The zero-order chi connectivity index (χ0) is 13.3. The van der Waals surface area contributed by atoms with E-state index in [0.29, 0.717) is 12.1 Å². The van der Waals surface area contributed by atoms with Crippen molar-refractivity contribution in [1.29, 1.82) is 0 Å². The predicted molar refractivity (Wildman–Crippen MR) is 75.5 cm³/mol. The van der Waals surface area contributed by atoms with Crippen molar-refractivity contribution in [2.75, 3.05) is 20.2 Å². The minimum atomic E-state index is 0.198. The number of likely N-dealkylation sites (N-methyl/N-ethyl adjacent to an activating group) is 1. The van der Waals surface area contributed by atoms with Crippen molar-refractivity contribution in [2.24, 2.45) is 17.6 Å². The quantitative estimate of drug-likeness (QED) is 0.839. The van der Waals surface area contributed by atoms with Gasteiger partial charge in [-0.1, -0.05) is 13.8 Å². The van der Waals surface area contributed by atoms with E-state index in [2.05, 4.69) is 32.7 Å². The Labute approximate surface area is 112 Å². The third-order valence-corrected chi connectivity index (χ3v) is 5.22. The minimum absolute atomic E-state index is 0.198. The van der Waals surface area contributed by atoms with Crippen molar-refractivity contribution >= 4 is 0 Å². The van der Waals surface area contributed by atoms with Crippen molar-refractivity contribution in [1.82, 2.24) is 4.90 Å². The van der Waals surface area contributed by atoms with Gasteiger partial charge in [-0.2, -0.15) is 0 Å². The van der Waals surface area contributed by atoms with Gasteiger partial charge in [0.15, 0.2) is 0 Å². The highest BCUT2D eigenvalue weighted by atomic mass is 16.5. The van der Waals surface area contributed by atoms with E-state index >= 15 is 0 Å². The van der Waals surface area contributed by atoms with Gasteiger partial charge in [0.25, 0.3) is 0 Å². The van der Waals surface area contributed by atoms with E-state index in [1.165, 1.54) is 19.3 Å². The highest BCUT2D eigenvalue weighted by molar-refractivity contribution is 5.00. The fourth-order valence-electron chi connectivity index (χ4n) is 4.41. The first-order valence-electron chi connectivity index (χ1n) is 7.53. The van der Waals surface area contributed by atoms with Crippen LogP contribution in [-0.2, 0) is 4.74 Å². The minimum Gasteiger partial charge on any atom is -0.377 e. The molecule has 0 aromatic heterocycles.